The lowest BCUT2D eigenvalue weighted by Gasteiger charge is -2.22. The summed E-state index contributed by atoms with van der Waals surface area (Å²) in [6.07, 6.45) is -4.11. The maximum atomic E-state index is 14.4. The molecule has 1 N–H and O–H groups in total. The van der Waals surface area contributed by atoms with Gasteiger partial charge >= 0.3 is 6.18 Å². The van der Waals surface area contributed by atoms with E-state index in [-0.39, 0.29) is 34.7 Å². The number of Topliss-reactive ketones (excluding diaryl/α,β-unsaturated/α-hetero) is 1. The van der Waals surface area contributed by atoms with Crippen LogP contribution in [0.1, 0.15) is 38.8 Å². The lowest BCUT2D eigenvalue weighted by molar-refractivity contribution is -0.137. The van der Waals surface area contributed by atoms with Crippen LogP contribution in [0, 0.1) is 5.82 Å². The van der Waals surface area contributed by atoms with Gasteiger partial charge in [0.05, 0.1) is 11.1 Å². The Morgan fingerprint density at radius 3 is 2.52 bits per heavy atom. The highest BCUT2D eigenvalue weighted by Gasteiger charge is 2.32. The monoisotopic (exact) mass is 491 g/mol. The van der Waals surface area contributed by atoms with Crippen molar-refractivity contribution in [1.82, 2.24) is 4.98 Å². The highest BCUT2D eigenvalue weighted by molar-refractivity contribution is 7.15. The van der Waals surface area contributed by atoms with Crippen LogP contribution in [-0.2, 0) is 12.6 Å². The van der Waals surface area contributed by atoms with Crippen LogP contribution in [0.25, 0.3) is 21.3 Å². The molecule has 33 heavy (non-hydrogen) atoms. The number of alkyl halides is 3. The standard InChI is InChI=1S/C24H14ClF4NO2S/c25-13-2-4-17-15(10-13)23(32)22-18(30-17)7-11(8-19(22)31)20-5-6-21(33-20)14-3-1-12(9-16(14)26)24(27,28)29/h1-6,9-11H,7-8H2,(H,30,32). The molecule has 0 radical (unpaired) electrons. The molecule has 0 spiro atoms. The molecule has 1 atom stereocenters. The van der Waals surface area contributed by atoms with Gasteiger partial charge in [-0.05, 0) is 48.9 Å². The summed E-state index contributed by atoms with van der Waals surface area (Å²) < 4.78 is 52.9. The minimum absolute atomic E-state index is 0.0677. The molecular weight excluding hydrogens is 478 g/mol. The zero-order valence-electron chi connectivity index (χ0n) is 16.7. The van der Waals surface area contributed by atoms with Gasteiger partial charge in [-0.25, -0.2) is 4.39 Å². The maximum Gasteiger partial charge on any atom is 0.416 e. The van der Waals surface area contributed by atoms with E-state index in [1.165, 1.54) is 17.4 Å². The largest absolute Gasteiger partial charge is 0.416 e. The van der Waals surface area contributed by atoms with Gasteiger partial charge in [-0.1, -0.05) is 17.7 Å². The SMILES string of the molecule is O=C1CC(c2ccc(-c3ccc(C(F)(F)F)cc3F)s2)Cc2[nH]c3ccc(Cl)cc3c(=O)c21. The van der Waals surface area contributed by atoms with Gasteiger partial charge in [0.15, 0.2) is 5.78 Å². The zero-order valence-corrected chi connectivity index (χ0v) is 18.3. The molecule has 0 saturated heterocycles. The molecule has 0 saturated carbocycles. The normalized spacial score (nSPS) is 16.3. The molecule has 0 amide bonds. The number of nitrogens with one attached hydrogen (secondary N) is 1. The number of H-pyrrole nitrogens is 1. The van der Waals surface area contributed by atoms with Crippen molar-refractivity contribution in [1.29, 1.82) is 0 Å². The molecule has 9 heteroatoms. The van der Waals surface area contributed by atoms with Crippen LogP contribution in [-0.4, -0.2) is 10.8 Å². The second-order valence-corrected chi connectivity index (χ2v) is 9.47. The molecule has 1 unspecified atom stereocenters. The van der Waals surface area contributed by atoms with Gasteiger partial charge in [0.2, 0.25) is 5.43 Å². The van der Waals surface area contributed by atoms with E-state index in [1.54, 1.807) is 24.3 Å². The third-order valence-corrected chi connectivity index (χ3v) is 7.31. The van der Waals surface area contributed by atoms with Gasteiger partial charge in [0, 0.05) is 49.3 Å². The van der Waals surface area contributed by atoms with Gasteiger partial charge in [0.1, 0.15) is 5.82 Å². The van der Waals surface area contributed by atoms with Crippen LogP contribution in [0.15, 0.2) is 53.3 Å². The summed E-state index contributed by atoms with van der Waals surface area (Å²) in [5.41, 5.74) is -0.0949. The Morgan fingerprint density at radius 2 is 1.79 bits per heavy atom. The number of thiophene rings is 1. The predicted molar refractivity (Wildman–Crippen MR) is 120 cm³/mol. The van der Waals surface area contributed by atoms with E-state index in [4.69, 9.17) is 11.6 Å². The lowest BCUT2D eigenvalue weighted by atomic mass is 9.84. The third kappa shape index (κ3) is 3.87. The zero-order chi connectivity index (χ0) is 23.5. The Balaban J connectivity index is 1.49. The number of ketones is 1. The highest BCUT2D eigenvalue weighted by atomic mass is 35.5. The summed E-state index contributed by atoms with van der Waals surface area (Å²) in [6, 6.07) is 10.7. The van der Waals surface area contributed by atoms with E-state index in [2.05, 4.69) is 4.98 Å². The Labute approximate surface area is 193 Å². The summed E-state index contributed by atoms with van der Waals surface area (Å²) >= 11 is 7.21. The number of aromatic nitrogens is 1. The molecule has 2 aromatic carbocycles. The number of benzene rings is 2. The van der Waals surface area contributed by atoms with Crippen molar-refractivity contribution in [2.45, 2.75) is 24.9 Å². The van der Waals surface area contributed by atoms with Crippen LogP contribution in [0.4, 0.5) is 17.6 Å². The maximum absolute atomic E-state index is 14.4. The summed E-state index contributed by atoms with van der Waals surface area (Å²) in [7, 11) is 0. The molecule has 0 fully saturated rings. The molecule has 3 nitrogen and oxygen atoms in total. The molecule has 2 heterocycles. The van der Waals surface area contributed by atoms with E-state index in [1.807, 2.05) is 0 Å². The van der Waals surface area contributed by atoms with Crippen LogP contribution >= 0.6 is 22.9 Å². The first-order valence-electron chi connectivity index (χ1n) is 9.96. The molecule has 4 aromatic rings. The summed E-state index contributed by atoms with van der Waals surface area (Å²) in [5, 5.41) is 0.750. The molecule has 1 aliphatic carbocycles. The van der Waals surface area contributed by atoms with Gasteiger partial charge in [-0.3, -0.25) is 9.59 Å². The minimum atomic E-state index is -4.62. The van der Waals surface area contributed by atoms with E-state index >= 15 is 0 Å². The fraction of sp³-hybridized carbons (Fsp3) is 0.167. The van der Waals surface area contributed by atoms with Crippen molar-refractivity contribution in [3.63, 3.8) is 0 Å². The quantitative estimate of drug-likeness (QED) is 0.307. The van der Waals surface area contributed by atoms with Crippen LogP contribution in [0.3, 0.4) is 0 Å². The number of carbonyl (C=O) groups is 1. The van der Waals surface area contributed by atoms with E-state index in [0.717, 1.165) is 17.0 Å². The number of hydrogen-bond acceptors (Lipinski definition) is 3. The van der Waals surface area contributed by atoms with E-state index < -0.39 is 17.6 Å². The molecule has 168 valence electrons. The second kappa shape index (κ2) is 7.81. The second-order valence-electron chi connectivity index (χ2n) is 7.92. The number of carbonyl (C=O) groups excluding carboxylic acids is 1. The molecule has 1 aliphatic rings. The number of fused-ring (bicyclic) bond motifs is 2. The first kappa shape index (κ1) is 21.9. The third-order valence-electron chi connectivity index (χ3n) is 5.79. The Kier molecular flexibility index (Phi) is 5.17. The number of rotatable bonds is 2. The van der Waals surface area contributed by atoms with E-state index in [9.17, 15) is 27.2 Å². The molecular formula is C24H14ClF4NO2S. The average Bonchev–Trinajstić information content (AvgIpc) is 3.23. The minimum Gasteiger partial charge on any atom is -0.358 e. The summed E-state index contributed by atoms with van der Waals surface area (Å²) in [4.78, 5) is 30.2. The fourth-order valence-electron chi connectivity index (χ4n) is 4.21. The van der Waals surface area contributed by atoms with Gasteiger partial charge < -0.3 is 4.98 Å². The Hall–Kier alpha value is -2.97. The van der Waals surface area contributed by atoms with Crippen molar-refractivity contribution in [2.75, 3.05) is 0 Å². The average molecular weight is 492 g/mol. The molecule has 0 bridgehead atoms. The Bertz CT molecular complexity index is 1490. The predicted octanol–water partition coefficient (Wildman–Crippen LogP) is 6.98. The van der Waals surface area contributed by atoms with Crippen molar-refractivity contribution in [3.8, 4) is 10.4 Å². The number of hydrogen-bond donors (Lipinski definition) is 1. The highest BCUT2D eigenvalue weighted by Crippen LogP contribution is 2.40. The number of pyridine rings is 1. The van der Waals surface area contributed by atoms with Crippen molar-refractivity contribution in [3.05, 3.63) is 91.3 Å². The topological polar surface area (TPSA) is 49.9 Å². The first-order chi connectivity index (χ1) is 15.6. The molecule has 2 aromatic heterocycles. The van der Waals surface area contributed by atoms with Crippen molar-refractivity contribution < 1.29 is 22.4 Å². The van der Waals surface area contributed by atoms with Gasteiger partial charge in [-0.15, -0.1) is 11.3 Å². The smallest absolute Gasteiger partial charge is 0.358 e. The van der Waals surface area contributed by atoms with Gasteiger partial charge in [0.25, 0.3) is 0 Å². The first-order valence-corrected chi connectivity index (χ1v) is 11.2. The number of halogens is 5. The van der Waals surface area contributed by atoms with Gasteiger partial charge in [-0.2, -0.15) is 13.2 Å². The van der Waals surface area contributed by atoms with E-state index in [0.29, 0.717) is 39.0 Å². The van der Waals surface area contributed by atoms with Crippen molar-refractivity contribution in [2.24, 2.45) is 0 Å². The van der Waals surface area contributed by atoms with Crippen molar-refractivity contribution >= 4 is 39.6 Å². The molecule has 0 aliphatic heterocycles. The summed E-state index contributed by atoms with van der Waals surface area (Å²) in [6.45, 7) is 0. The molecule has 5 rings (SSSR count). The fourth-order valence-corrected chi connectivity index (χ4v) is 5.52. The van der Waals surface area contributed by atoms with Crippen LogP contribution in [0.5, 0.6) is 0 Å². The summed E-state index contributed by atoms with van der Waals surface area (Å²) in [5.74, 6) is -1.49. The van der Waals surface area contributed by atoms with Crippen LogP contribution in [0.2, 0.25) is 5.02 Å². The van der Waals surface area contributed by atoms with Crippen LogP contribution < -0.4 is 5.43 Å². The Morgan fingerprint density at radius 1 is 1.00 bits per heavy atom. The lowest BCUT2D eigenvalue weighted by Crippen LogP contribution is -2.27. The number of aromatic amines is 1.